The summed E-state index contributed by atoms with van der Waals surface area (Å²) in [6.45, 7) is 6.57. The number of rotatable bonds is 5. The van der Waals surface area contributed by atoms with Crippen molar-refractivity contribution in [2.24, 2.45) is 0 Å². The Balaban J connectivity index is 1.44. The fourth-order valence-electron chi connectivity index (χ4n) is 3.46. The summed E-state index contributed by atoms with van der Waals surface area (Å²) in [5.41, 5.74) is 0.771. The van der Waals surface area contributed by atoms with Crippen LogP contribution in [-0.4, -0.2) is 76.9 Å². The third kappa shape index (κ3) is 3.84. The van der Waals surface area contributed by atoms with Crippen LogP contribution in [0, 0.1) is 0 Å². The summed E-state index contributed by atoms with van der Waals surface area (Å²) in [6.07, 6.45) is 5.19. The number of hydrogen-bond donors (Lipinski definition) is 1. The molecule has 2 aliphatic heterocycles. The van der Waals surface area contributed by atoms with E-state index < -0.39 is 0 Å². The molecule has 24 heavy (non-hydrogen) atoms. The number of pyridine rings is 1. The van der Waals surface area contributed by atoms with Gasteiger partial charge in [0.15, 0.2) is 0 Å². The van der Waals surface area contributed by atoms with E-state index in [1.807, 2.05) is 16.7 Å². The van der Waals surface area contributed by atoms with E-state index in [1.165, 1.54) is 0 Å². The molecule has 0 atom stereocenters. The van der Waals surface area contributed by atoms with Crippen LogP contribution in [0.25, 0.3) is 0 Å². The summed E-state index contributed by atoms with van der Waals surface area (Å²) >= 11 is 0. The molecular weight excluding hydrogens is 306 g/mol. The third-order valence-electron chi connectivity index (χ3n) is 4.84. The monoisotopic (exact) mass is 331 g/mol. The standard InChI is InChI=1S/C17H25N5O2/c1-2-21-11-12-22(17(21)24)15-5-9-20(10-6-15)13-16(23)19-14-3-7-18-8-4-14/h3-4,7-8,15H,2,5-6,9-13H2,1H3,(H,18,19,23). The van der Waals surface area contributed by atoms with Crippen molar-refractivity contribution in [3.63, 3.8) is 0 Å². The first-order valence-electron chi connectivity index (χ1n) is 8.65. The van der Waals surface area contributed by atoms with Crippen LogP contribution in [0.3, 0.4) is 0 Å². The number of nitrogens with zero attached hydrogens (tertiary/aromatic N) is 4. The van der Waals surface area contributed by atoms with Gasteiger partial charge in [0.25, 0.3) is 0 Å². The van der Waals surface area contributed by atoms with E-state index >= 15 is 0 Å². The zero-order chi connectivity index (χ0) is 16.9. The lowest BCUT2D eigenvalue weighted by Gasteiger charge is -2.36. The van der Waals surface area contributed by atoms with Crippen molar-refractivity contribution in [1.82, 2.24) is 19.7 Å². The Hall–Kier alpha value is -2.15. The van der Waals surface area contributed by atoms with Gasteiger partial charge in [-0.05, 0) is 31.9 Å². The molecule has 7 heteroatoms. The van der Waals surface area contributed by atoms with Crippen molar-refractivity contribution in [1.29, 1.82) is 0 Å². The molecule has 2 saturated heterocycles. The fraction of sp³-hybridized carbons (Fsp3) is 0.588. The van der Waals surface area contributed by atoms with E-state index in [1.54, 1.807) is 24.5 Å². The molecule has 130 valence electrons. The number of aromatic nitrogens is 1. The van der Waals surface area contributed by atoms with E-state index in [0.29, 0.717) is 12.6 Å². The van der Waals surface area contributed by atoms with Crippen LogP contribution in [-0.2, 0) is 4.79 Å². The van der Waals surface area contributed by atoms with E-state index in [-0.39, 0.29) is 11.9 Å². The molecule has 0 saturated carbocycles. The first-order valence-corrected chi connectivity index (χ1v) is 8.65. The van der Waals surface area contributed by atoms with Gasteiger partial charge in [0.2, 0.25) is 5.91 Å². The van der Waals surface area contributed by atoms with Crippen LogP contribution < -0.4 is 5.32 Å². The van der Waals surface area contributed by atoms with E-state index in [0.717, 1.165) is 51.3 Å². The molecule has 1 N–H and O–H groups in total. The van der Waals surface area contributed by atoms with E-state index in [2.05, 4.69) is 15.2 Å². The lowest BCUT2D eigenvalue weighted by molar-refractivity contribution is -0.117. The highest BCUT2D eigenvalue weighted by atomic mass is 16.2. The number of urea groups is 1. The van der Waals surface area contributed by atoms with Gasteiger partial charge in [0.1, 0.15) is 0 Å². The highest BCUT2D eigenvalue weighted by Gasteiger charge is 2.34. The maximum Gasteiger partial charge on any atom is 0.320 e. The van der Waals surface area contributed by atoms with Gasteiger partial charge in [-0.2, -0.15) is 0 Å². The summed E-state index contributed by atoms with van der Waals surface area (Å²) in [5.74, 6) is -0.00550. The van der Waals surface area contributed by atoms with Gasteiger partial charge in [0.05, 0.1) is 6.54 Å². The van der Waals surface area contributed by atoms with Crippen molar-refractivity contribution in [2.75, 3.05) is 44.6 Å². The second-order valence-corrected chi connectivity index (χ2v) is 6.35. The van der Waals surface area contributed by atoms with Crippen LogP contribution in [0.5, 0.6) is 0 Å². The maximum absolute atomic E-state index is 12.3. The number of carbonyl (C=O) groups is 2. The van der Waals surface area contributed by atoms with Crippen molar-refractivity contribution in [2.45, 2.75) is 25.8 Å². The molecule has 0 radical (unpaired) electrons. The minimum atomic E-state index is -0.00550. The second kappa shape index (κ2) is 7.61. The number of amides is 3. The summed E-state index contributed by atoms with van der Waals surface area (Å²) in [6, 6.07) is 4.05. The van der Waals surface area contributed by atoms with Gasteiger partial charge in [-0.1, -0.05) is 0 Å². The lowest BCUT2D eigenvalue weighted by Crippen LogP contribution is -2.48. The molecule has 7 nitrogen and oxygen atoms in total. The van der Waals surface area contributed by atoms with Crippen LogP contribution in [0.2, 0.25) is 0 Å². The van der Waals surface area contributed by atoms with Crippen LogP contribution in [0.1, 0.15) is 19.8 Å². The van der Waals surface area contributed by atoms with Crippen molar-refractivity contribution < 1.29 is 9.59 Å². The number of nitrogens with one attached hydrogen (secondary N) is 1. The third-order valence-corrected chi connectivity index (χ3v) is 4.84. The molecule has 1 aromatic heterocycles. The molecule has 3 heterocycles. The molecule has 0 aliphatic carbocycles. The average molecular weight is 331 g/mol. The first kappa shape index (κ1) is 16.7. The van der Waals surface area contributed by atoms with Gasteiger partial charge in [-0.3, -0.25) is 14.7 Å². The zero-order valence-corrected chi connectivity index (χ0v) is 14.1. The Bertz CT molecular complexity index is 572. The van der Waals surface area contributed by atoms with Crippen molar-refractivity contribution >= 4 is 17.6 Å². The van der Waals surface area contributed by atoms with Crippen LogP contribution in [0.4, 0.5) is 10.5 Å². The SMILES string of the molecule is CCN1CCN(C2CCN(CC(=O)Nc3ccncc3)CC2)C1=O. The number of likely N-dealkylation sites (tertiary alicyclic amines) is 1. The Morgan fingerprint density at radius 2 is 1.92 bits per heavy atom. The first-order chi connectivity index (χ1) is 11.7. The Kier molecular flexibility index (Phi) is 5.30. The van der Waals surface area contributed by atoms with E-state index in [9.17, 15) is 9.59 Å². The Morgan fingerprint density at radius 3 is 2.54 bits per heavy atom. The molecule has 0 aromatic carbocycles. The number of carbonyl (C=O) groups excluding carboxylic acids is 2. The summed E-state index contributed by atoms with van der Waals surface area (Å²) in [7, 11) is 0. The lowest BCUT2D eigenvalue weighted by atomic mass is 10.0. The predicted octanol–water partition coefficient (Wildman–Crippen LogP) is 1.24. The number of anilines is 1. The topological polar surface area (TPSA) is 68.8 Å². The van der Waals surface area contributed by atoms with Gasteiger partial charge in [-0.15, -0.1) is 0 Å². The summed E-state index contributed by atoms with van der Waals surface area (Å²) in [5, 5.41) is 2.88. The number of hydrogen-bond acceptors (Lipinski definition) is 4. The predicted molar refractivity (Wildman–Crippen MR) is 91.7 cm³/mol. The molecule has 1 aromatic rings. The van der Waals surface area contributed by atoms with Crippen molar-refractivity contribution in [3.8, 4) is 0 Å². The van der Waals surface area contributed by atoms with Gasteiger partial charge < -0.3 is 15.1 Å². The molecule has 3 amide bonds. The maximum atomic E-state index is 12.3. The Morgan fingerprint density at radius 1 is 1.21 bits per heavy atom. The highest BCUT2D eigenvalue weighted by Crippen LogP contribution is 2.21. The minimum absolute atomic E-state index is 0.00550. The molecule has 3 rings (SSSR count). The second-order valence-electron chi connectivity index (χ2n) is 6.35. The van der Waals surface area contributed by atoms with Crippen LogP contribution in [0.15, 0.2) is 24.5 Å². The summed E-state index contributed by atoms with van der Waals surface area (Å²) in [4.78, 5) is 34.4. The van der Waals surface area contributed by atoms with Gasteiger partial charge in [-0.25, -0.2) is 4.79 Å². The highest BCUT2D eigenvalue weighted by molar-refractivity contribution is 5.92. The molecule has 2 fully saturated rings. The smallest absolute Gasteiger partial charge is 0.320 e. The van der Waals surface area contributed by atoms with Crippen LogP contribution >= 0.6 is 0 Å². The van der Waals surface area contributed by atoms with E-state index in [4.69, 9.17) is 0 Å². The largest absolute Gasteiger partial charge is 0.325 e. The molecule has 0 spiro atoms. The van der Waals surface area contributed by atoms with Crippen molar-refractivity contribution in [3.05, 3.63) is 24.5 Å². The number of piperidine rings is 1. The average Bonchev–Trinajstić information content (AvgIpc) is 2.97. The molecule has 0 unspecified atom stereocenters. The fourth-order valence-corrected chi connectivity index (χ4v) is 3.46. The molecule has 0 bridgehead atoms. The normalized spacial score (nSPS) is 19.8. The summed E-state index contributed by atoms with van der Waals surface area (Å²) < 4.78 is 0. The zero-order valence-electron chi connectivity index (χ0n) is 14.1. The molecular formula is C17H25N5O2. The minimum Gasteiger partial charge on any atom is -0.325 e. The Labute approximate surface area is 142 Å². The quantitative estimate of drug-likeness (QED) is 0.881. The molecule has 2 aliphatic rings. The number of likely N-dealkylation sites (N-methyl/N-ethyl adjacent to an activating group) is 1. The van der Waals surface area contributed by atoms with Gasteiger partial charge >= 0.3 is 6.03 Å². The van der Waals surface area contributed by atoms with Gasteiger partial charge in [0, 0.05) is 56.8 Å².